The van der Waals surface area contributed by atoms with Gasteiger partial charge in [0, 0.05) is 0 Å². The van der Waals surface area contributed by atoms with Crippen molar-refractivity contribution in [3.8, 4) is 6.07 Å². The molecule has 0 aromatic carbocycles. The highest BCUT2D eigenvalue weighted by molar-refractivity contribution is 4.66. The Kier molecular flexibility index (Phi) is 4.84. The molecular weight excluding hydrogens is 142 g/mol. The molecule has 0 atom stereocenters. The second kappa shape index (κ2) is 5.11. The fourth-order valence-corrected chi connectivity index (χ4v) is 0.395. The van der Waals surface area contributed by atoms with Gasteiger partial charge in [-0.2, -0.15) is 5.26 Å². The van der Waals surface area contributed by atoms with Gasteiger partial charge in [-0.15, -0.1) is 0 Å². The first-order chi connectivity index (χ1) is 5.06. The number of nitrogens with zero attached hydrogens (tertiary/aromatic N) is 1. The van der Waals surface area contributed by atoms with Crippen molar-refractivity contribution in [1.82, 2.24) is 0 Å². The molecule has 0 aromatic rings. The summed E-state index contributed by atoms with van der Waals surface area (Å²) in [6, 6.07) is 1.98. The second-order valence-corrected chi connectivity index (χ2v) is 3.19. The molecule has 0 aliphatic heterocycles. The fraction of sp³-hybridized carbons (Fsp3) is 0.875. The highest BCUT2D eigenvalue weighted by Gasteiger charge is 2.08. The molecule has 0 bridgehead atoms. The van der Waals surface area contributed by atoms with Crippen LogP contribution in [0.4, 0.5) is 0 Å². The molecule has 0 N–H and O–H groups in total. The van der Waals surface area contributed by atoms with Crippen molar-refractivity contribution < 1.29 is 9.47 Å². The molecule has 0 radical (unpaired) electrons. The van der Waals surface area contributed by atoms with E-state index in [0.717, 1.165) is 0 Å². The Balaban J connectivity index is 3.10. The molecule has 0 fully saturated rings. The van der Waals surface area contributed by atoms with Gasteiger partial charge in [0.05, 0.1) is 24.7 Å². The van der Waals surface area contributed by atoms with Gasteiger partial charge in [0.15, 0.2) is 0 Å². The lowest BCUT2D eigenvalue weighted by atomic mass is 10.2. The number of ether oxygens (including phenoxy) is 2. The van der Waals surface area contributed by atoms with E-state index in [2.05, 4.69) is 0 Å². The lowest BCUT2D eigenvalue weighted by molar-refractivity contribution is -0.118. The summed E-state index contributed by atoms with van der Waals surface area (Å²) >= 11 is 0. The summed E-state index contributed by atoms with van der Waals surface area (Å²) in [6.07, 6.45) is 0.424. The van der Waals surface area contributed by atoms with Crippen molar-refractivity contribution in [2.45, 2.75) is 32.8 Å². The number of rotatable bonds is 4. The molecule has 0 aromatic heterocycles. The minimum absolute atomic E-state index is 0.160. The highest BCUT2D eigenvalue weighted by atomic mass is 16.7. The first-order valence-electron chi connectivity index (χ1n) is 3.65. The fourth-order valence-electron chi connectivity index (χ4n) is 0.395. The van der Waals surface area contributed by atoms with Crippen LogP contribution in [0.5, 0.6) is 0 Å². The Morgan fingerprint density at radius 2 is 2.00 bits per heavy atom. The van der Waals surface area contributed by atoms with Gasteiger partial charge in [-0.25, -0.2) is 0 Å². The minimum atomic E-state index is -0.160. The smallest absolute Gasteiger partial charge is 0.147 e. The maximum Gasteiger partial charge on any atom is 0.147 e. The van der Waals surface area contributed by atoms with Crippen molar-refractivity contribution in [2.24, 2.45) is 0 Å². The van der Waals surface area contributed by atoms with Crippen LogP contribution in [-0.2, 0) is 9.47 Å². The maximum absolute atomic E-state index is 8.15. The van der Waals surface area contributed by atoms with Gasteiger partial charge in [0.2, 0.25) is 0 Å². The molecule has 0 rings (SSSR count). The van der Waals surface area contributed by atoms with Crippen LogP contribution >= 0.6 is 0 Å². The SMILES string of the molecule is CC(C)(C)OCOCCC#N. The van der Waals surface area contributed by atoms with E-state index in [9.17, 15) is 0 Å². The van der Waals surface area contributed by atoms with E-state index in [-0.39, 0.29) is 12.4 Å². The summed E-state index contributed by atoms with van der Waals surface area (Å²) < 4.78 is 10.2. The van der Waals surface area contributed by atoms with E-state index in [1.54, 1.807) is 0 Å². The quantitative estimate of drug-likeness (QED) is 0.460. The van der Waals surface area contributed by atoms with Crippen LogP contribution in [0.1, 0.15) is 27.2 Å². The zero-order valence-corrected chi connectivity index (χ0v) is 7.39. The summed E-state index contributed by atoms with van der Waals surface area (Å²) in [6.45, 7) is 6.60. The molecule has 0 heterocycles. The molecular formula is C8H15NO2. The molecule has 64 valence electrons. The van der Waals surface area contributed by atoms with Crippen molar-refractivity contribution in [3.05, 3.63) is 0 Å². The van der Waals surface area contributed by atoms with Crippen molar-refractivity contribution in [2.75, 3.05) is 13.4 Å². The highest BCUT2D eigenvalue weighted by Crippen LogP contribution is 2.05. The maximum atomic E-state index is 8.15. The van der Waals surface area contributed by atoms with E-state index in [0.29, 0.717) is 13.0 Å². The monoisotopic (exact) mass is 157 g/mol. The minimum Gasteiger partial charge on any atom is -0.354 e. The van der Waals surface area contributed by atoms with E-state index >= 15 is 0 Å². The zero-order chi connectivity index (χ0) is 8.74. The molecule has 3 heteroatoms. The molecule has 3 nitrogen and oxygen atoms in total. The molecule has 0 spiro atoms. The van der Waals surface area contributed by atoms with E-state index < -0.39 is 0 Å². The van der Waals surface area contributed by atoms with E-state index in [1.807, 2.05) is 26.8 Å². The van der Waals surface area contributed by atoms with Gasteiger partial charge in [-0.05, 0) is 20.8 Å². The third kappa shape index (κ3) is 9.41. The van der Waals surface area contributed by atoms with Gasteiger partial charge in [-0.1, -0.05) is 0 Å². The van der Waals surface area contributed by atoms with Gasteiger partial charge < -0.3 is 9.47 Å². The first kappa shape index (κ1) is 10.4. The summed E-state index contributed by atoms with van der Waals surface area (Å²) in [5.41, 5.74) is -0.160. The van der Waals surface area contributed by atoms with Crippen LogP contribution in [0.25, 0.3) is 0 Å². The van der Waals surface area contributed by atoms with Gasteiger partial charge in [0.1, 0.15) is 6.79 Å². The van der Waals surface area contributed by atoms with Gasteiger partial charge in [0.25, 0.3) is 0 Å². The molecule has 0 aliphatic rings. The Morgan fingerprint density at radius 1 is 1.36 bits per heavy atom. The van der Waals surface area contributed by atoms with Crippen LogP contribution in [0, 0.1) is 11.3 Å². The van der Waals surface area contributed by atoms with Crippen LogP contribution in [0.15, 0.2) is 0 Å². The Labute approximate surface area is 67.9 Å². The Hall–Kier alpha value is -0.590. The molecule has 0 amide bonds. The van der Waals surface area contributed by atoms with Crippen LogP contribution in [-0.4, -0.2) is 19.0 Å². The lowest BCUT2D eigenvalue weighted by Crippen LogP contribution is -2.21. The zero-order valence-electron chi connectivity index (χ0n) is 7.39. The number of nitriles is 1. The number of hydrogen-bond acceptors (Lipinski definition) is 3. The molecule has 11 heavy (non-hydrogen) atoms. The predicted octanol–water partition coefficient (Wildman–Crippen LogP) is 1.69. The first-order valence-corrected chi connectivity index (χ1v) is 3.65. The third-order valence-corrected chi connectivity index (χ3v) is 0.933. The average Bonchev–Trinajstić information content (AvgIpc) is 1.85. The van der Waals surface area contributed by atoms with E-state index in [1.165, 1.54) is 0 Å². The summed E-state index contributed by atoms with van der Waals surface area (Å²) in [7, 11) is 0. The predicted molar refractivity (Wildman–Crippen MR) is 41.9 cm³/mol. The van der Waals surface area contributed by atoms with Crippen LogP contribution in [0.3, 0.4) is 0 Å². The van der Waals surface area contributed by atoms with Gasteiger partial charge in [-0.3, -0.25) is 0 Å². The normalized spacial score (nSPS) is 11.1. The molecule has 0 saturated carbocycles. The third-order valence-electron chi connectivity index (χ3n) is 0.933. The molecule has 0 unspecified atom stereocenters. The number of hydrogen-bond donors (Lipinski definition) is 0. The summed E-state index contributed by atoms with van der Waals surface area (Å²) in [5, 5.41) is 8.15. The Bertz CT molecular complexity index is 132. The van der Waals surface area contributed by atoms with Crippen molar-refractivity contribution in [3.63, 3.8) is 0 Å². The Morgan fingerprint density at radius 3 is 2.45 bits per heavy atom. The average molecular weight is 157 g/mol. The lowest BCUT2D eigenvalue weighted by Gasteiger charge is -2.18. The van der Waals surface area contributed by atoms with Crippen molar-refractivity contribution >= 4 is 0 Å². The largest absolute Gasteiger partial charge is 0.354 e. The second-order valence-electron chi connectivity index (χ2n) is 3.19. The van der Waals surface area contributed by atoms with Gasteiger partial charge >= 0.3 is 0 Å². The topological polar surface area (TPSA) is 42.2 Å². The summed E-state index contributed by atoms with van der Waals surface area (Å²) in [5.74, 6) is 0. The van der Waals surface area contributed by atoms with Crippen LogP contribution < -0.4 is 0 Å². The van der Waals surface area contributed by atoms with E-state index in [4.69, 9.17) is 14.7 Å². The molecule has 0 saturated heterocycles. The summed E-state index contributed by atoms with van der Waals surface area (Å²) in [4.78, 5) is 0. The molecule has 0 aliphatic carbocycles. The standard InChI is InChI=1S/C8H15NO2/c1-8(2,3)11-7-10-6-4-5-9/h4,6-7H2,1-3H3. The van der Waals surface area contributed by atoms with Crippen molar-refractivity contribution in [1.29, 1.82) is 5.26 Å². The van der Waals surface area contributed by atoms with Crippen LogP contribution in [0.2, 0.25) is 0 Å².